The van der Waals surface area contributed by atoms with Crippen LogP contribution in [0.3, 0.4) is 0 Å². The van der Waals surface area contributed by atoms with E-state index in [9.17, 15) is 9.18 Å². The molecular formula is C12H7BrClFN2O. The van der Waals surface area contributed by atoms with Gasteiger partial charge in [0.1, 0.15) is 11.6 Å². The Morgan fingerprint density at radius 2 is 2.17 bits per heavy atom. The molecule has 0 amide bonds. The van der Waals surface area contributed by atoms with E-state index in [2.05, 4.69) is 20.9 Å². The Morgan fingerprint density at radius 3 is 2.83 bits per heavy atom. The lowest BCUT2D eigenvalue weighted by Crippen LogP contribution is -2.09. The van der Waals surface area contributed by atoms with E-state index in [1.54, 1.807) is 6.07 Å². The number of hydrogen-bond donors (Lipinski definition) is 1. The highest BCUT2D eigenvalue weighted by Crippen LogP contribution is 2.25. The third-order valence-corrected chi connectivity index (χ3v) is 3.19. The lowest BCUT2D eigenvalue weighted by molar-refractivity contribution is 0.103. The van der Waals surface area contributed by atoms with Gasteiger partial charge in [-0.05, 0) is 34.1 Å². The van der Waals surface area contributed by atoms with E-state index in [1.807, 2.05) is 0 Å². The Balaban J connectivity index is 2.58. The Morgan fingerprint density at radius 1 is 1.44 bits per heavy atom. The normalized spacial score (nSPS) is 10.4. The molecule has 1 aromatic heterocycles. The monoisotopic (exact) mass is 328 g/mol. The van der Waals surface area contributed by atoms with Gasteiger partial charge in [0, 0.05) is 10.7 Å². The third kappa shape index (κ3) is 2.37. The largest absolute Gasteiger partial charge is 0.383 e. The molecule has 0 bridgehead atoms. The van der Waals surface area contributed by atoms with Crippen molar-refractivity contribution in [3.05, 3.63) is 56.9 Å². The van der Waals surface area contributed by atoms with E-state index in [0.717, 1.165) is 0 Å². The number of rotatable bonds is 2. The van der Waals surface area contributed by atoms with E-state index >= 15 is 0 Å². The number of nitrogens with zero attached hydrogens (tertiary/aromatic N) is 1. The van der Waals surface area contributed by atoms with Gasteiger partial charge >= 0.3 is 0 Å². The molecule has 0 aliphatic heterocycles. The van der Waals surface area contributed by atoms with Crippen LogP contribution in [-0.4, -0.2) is 10.8 Å². The van der Waals surface area contributed by atoms with Crippen LogP contribution in [0.15, 0.2) is 34.9 Å². The van der Waals surface area contributed by atoms with E-state index in [0.29, 0.717) is 4.47 Å². The quantitative estimate of drug-likeness (QED) is 0.859. The summed E-state index contributed by atoms with van der Waals surface area (Å²) >= 11 is 8.89. The number of halogens is 3. The summed E-state index contributed by atoms with van der Waals surface area (Å²) in [5.74, 6) is -1.18. The SMILES string of the molecule is Nc1ncc(Cl)cc1C(=O)c1c(F)cccc1Br. The minimum absolute atomic E-state index is 0.0135. The van der Waals surface area contributed by atoms with Crippen molar-refractivity contribution < 1.29 is 9.18 Å². The fourth-order valence-electron chi connectivity index (χ4n) is 1.48. The second-order valence-electron chi connectivity index (χ2n) is 3.51. The number of nitrogen functional groups attached to an aromatic ring is 1. The summed E-state index contributed by atoms with van der Waals surface area (Å²) in [4.78, 5) is 16.0. The van der Waals surface area contributed by atoms with E-state index in [-0.39, 0.29) is 22.0 Å². The predicted molar refractivity (Wildman–Crippen MR) is 71.2 cm³/mol. The zero-order valence-corrected chi connectivity index (χ0v) is 11.3. The molecule has 3 nitrogen and oxygen atoms in total. The van der Waals surface area contributed by atoms with Crippen LogP contribution in [0.1, 0.15) is 15.9 Å². The molecule has 1 heterocycles. The summed E-state index contributed by atoms with van der Waals surface area (Å²) < 4.78 is 14.0. The Kier molecular flexibility index (Phi) is 3.63. The van der Waals surface area contributed by atoms with Crippen molar-refractivity contribution in [1.82, 2.24) is 4.98 Å². The molecular weight excluding hydrogens is 322 g/mol. The Labute approximate surface area is 116 Å². The molecule has 0 spiro atoms. The summed E-state index contributed by atoms with van der Waals surface area (Å²) in [5.41, 5.74) is 5.59. The summed E-state index contributed by atoms with van der Waals surface area (Å²) in [6, 6.07) is 5.64. The smallest absolute Gasteiger partial charge is 0.200 e. The van der Waals surface area contributed by atoms with Gasteiger partial charge in [0.2, 0.25) is 5.78 Å². The van der Waals surface area contributed by atoms with Crippen LogP contribution in [0.4, 0.5) is 10.2 Å². The van der Waals surface area contributed by atoms with Crippen molar-refractivity contribution in [3.8, 4) is 0 Å². The number of benzene rings is 1. The average Bonchev–Trinajstić information content (AvgIpc) is 2.32. The van der Waals surface area contributed by atoms with Crippen LogP contribution in [0.25, 0.3) is 0 Å². The standard InChI is InChI=1S/C12H7BrClFN2O/c13-8-2-1-3-9(15)10(8)11(18)7-4-6(14)5-17-12(7)16/h1-5H,(H2,16,17). The molecule has 0 atom stereocenters. The second kappa shape index (κ2) is 5.04. The first-order chi connectivity index (χ1) is 8.50. The molecule has 0 aliphatic carbocycles. The number of carbonyl (C=O) groups is 1. The van der Waals surface area contributed by atoms with Crippen LogP contribution in [0, 0.1) is 5.82 Å². The first-order valence-corrected chi connectivity index (χ1v) is 6.07. The molecule has 2 aromatic rings. The highest BCUT2D eigenvalue weighted by atomic mass is 79.9. The maximum absolute atomic E-state index is 13.7. The van der Waals surface area contributed by atoms with Crippen LogP contribution in [-0.2, 0) is 0 Å². The summed E-state index contributed by atoms with van der Waals surface area (Å²) in [5, 5.41) is 0.264. The summed E-state index contributed by atoms with van der Waals surface area (Å²) in [7, 11) is 0. The number of carbonyl (C=O) groups excluding carboxylic acids is 1. The zero-order valence-electron chi connectivity index (χ0n) is 8.95. The molecule has 1 aromatic carbocycles. The van der Waals surface area contributed by atoms with Crippen molar-refractivity contribution in [1.29, 1.82) is 0 Å². The van der Waals surface area contributed by atoms with Crippen molar-refractivity contribution in [3.63, 3.8) is 0 Å². The lowest BCUT2D eigenvalue weighted by atomic mass is 10.0. The Hall–Kier alpha value is -1.46. The molecule has 2 rings (SSSR count). The molecule has 6 heteroatoms. The zero-order chi connectivity index (χ0) is 13.3. The minimum atomic E-state index is -0.631. The van der Waals surface area contributed by atoms with E-state index in [1.165, 1.54) is 24.4 Å². The number of aromatic nitrogens is 1. The molecule has 92 valence electrons. The molecule has 0 fully saturated rings. The Bertz CT molecular complexity index is 613. The van der Waals surface area contributed by atoms with Gasteiger partial charge in [0.25, 0.3) is 0 Å². The van der Waals surface area contributed by atoms with Gasteiger partial charge < -0.3 is 5.73 Å². The van der Waals surface area contributed by atoms with Crippen molar-refractivity contribution in [2.24, 2.45) is 0 Å². The van der Waals surface area contributed by atoms with Gasteiger partial charge in [0.15, 0.2) is 0 Å². The highest BCUT2D eigenvalue weighted by molar-refractivity contribution is 9.10. The van der Waals surface area contributed by atoms with Crippen molar-refractivity contribution in [2.45, 2.75) is 0 Å². The molecule has 0 aliphatic rings. The van der Waals surface area contributed by atoms with E-state index in [4.69, 9.17) is 17.3 Å². The topological polar surface area (TPSA) is 56.0 Å². The predicted octanol–water partition coefficient (Wildman–Crippen LogP) is 3.45. The number of nitrogens with two attached hydrogens (primary N) is 1. The molecule has 18 heavy (non-hydrogen) atoms. The van der Waals surface area contributed by atoms with Gasteiger partial charge in [0.05, 0.1) is 16.1 Å². The van der Waals surface area contributed by atoms with Gasteiger partial charge in [-0.25, -0.2) is 9.37 Å². The van der Waals surface area contributed by atoms with Crippen LogP contribution in [0.5, 0.6) is 0 Å². The molecule has 0 radical (unpaired) electrons. The molecule has 0 saturated heterocycles. The molecule has 2 N–H and O–H groups in total. The maximum Gasteiger partial charge on any atom is 0.200 e. The number of anilines is 1. The fourth-order valence-corrected chi connectivity index (χ4v) is 2.16. The van der Waals surface area contributed by atoms with Gasteiger partial charge in [-0.3, -0.25) is 4.79 Å². The summed E-state index contributed by atoms with van der Waals surface area (Å²) in [6.07, 6.45) is 1.32. The van der Waals surface area contributed by atoms with Gasteiger partial charge in [-0.2, -0.15) is 0 Å². The maximum atomic E-state index is 13.7. The first kappa shape index (κ1) is 13.0. The first-order valence-electron chi connectivity index (χ1n) is 4.90. The average molecular weight is 330 g/mol. The number of pyridine rings is 1. The molecule has 0 unspecified atom stereocenters. The second-order valence-corrected chi connectivity index (χ2v) is 4.80. The van der Waals surface area contributed by atoms with Crippen LogP contribution < -0.4 is 5.73 Å². The number of hydrogen-bond acceptors (Lipinski definition) is 3. The third-order valence-electron chi connectivity index (χ3n) is 2.32. The minimum Gasteiger partial charge on any atom is -0.383 e. The van der Waals surface area contributed by atoms with Crippen molar-refractivity contribution in [2.75, 3.05) is 5.73 Å². The van der Waals surface area contributed by atoms with Gasteiger partial charge in [-0.1, -0.05) is 17.7 Å². The fraction of sp³-hybridized carbons (Fsp3) is 0. The highest BCUT2D eigenvalue weighted by Gasteiger charge is 2.20. The number of ketones is 1. The lowest BCUT2D eigenvalue weighted by Gasteiger charge is -2.07. The molecule has 0 saturated carbocycles. The van der Waals surface area contributed by atoms with Crippen LogP contribution in [0.2, 0.25) is 5.02 Å². The summed E-state index contributed by atoms with van der Waals surface area (Å²) in [6.45, 7) is 0. The van der Waals surface area contributed by atoms with Gasteiger partial charge in [-0.15, -0.1) is 0 Å². The van der Waals surface area contributed by atoms with Crippen LogP contribution >= 0.6 is 27.5 Å². The van der Waals surface area contributed by atoms with Crippen molar-refractivity contribution >= 4 is 39.1 Å². The van der Waals surface area contributed by atoms with E-state index < -0.39 is 11.6 Å².